The van der Waals surface area contributed by atoms with E-state index >= 15 is 0 Å². The molecule has 1 atom stereocenters. The summed E-state index contributed by atoms with van der Waals surface area (Å²) in [7, 11) is 0. The van der Waals surface area contributed by atoms with Crippen LogP contribution in [0.25, 0.3) is 33.3 Å². The minimum absolute atomic E-state index is 0.371. The van der Waals surface area contributed by atoms with Gasteiger partial charge in [-0.05, 0) is 42.1 Å². The van der Waals surface area contributed by atoms with Crippen molar-refractivity contribution >= 4 is 28.2 Å². The Morgan fingerprint density at radius 2 is 1.81 bits per heavy atom. The summed E-state index contributed by atoms with van der Waals surface area (Å²) in [6, 6.07) is 15.6. The molecule has 8 nitrogen and oxygen atoms in total. The van der Waals surface area contributed by atoms with Crippen LogP contribution in [0.1, 0.15) is 11.7 Å². The Morgan fingerprint density at radius 3 is 2.56 bits per heavy atom. The third-order valence-corrected chi connectivity index (χ3v) is 5.16. The van der Waals surface area contributed by atoms with Gasteiger partial charge >= 0.3 is 0 Å². The zero-order chi connectivity index (χ0) is 22.1. The predicted molar refractivity (Wildman–Crippen MR) is 123 cm³/mol. The number of H-pyrrole nitrogens is 1. The molecule has 0 spiro atoms. The summed E-state index contributed by atoms with van der Waals surface area (Å²) in [5.74, 6) is 0.874. The summed E-state index contributed by atoms with van der Waals surface area (Å²) in [5.41, 5.74) is 3.84. The summed E-state index contributed by atoms with van der Waals surface area (Å²) in [4.78, 5) is 21.1. The first-order valence-electron chi connectivity index (χ1n) is 10.1. The lowest BCUT2D eigenvalue weighted by Gasteiger charge is -2.08. The van der Waals surface area contributed by atoms with Gasteiger partial charge in [0.05, 0.1) is 6.20 Å². The van der Waals surface area contributed by atoms with Crippen LogP contribution >= 0.6 is 0 Å². The van der Waals surface area contributed by atoms with E-state index in [1.807, 2.05) is 54.7 Å². The Hall–Kier alpha value is -4.30. The normalized spacial score (nSPS) is 12.1. The maximum Gasteiger partial charge on any atom is 0.259 e. The van der Waals surface area contributed by atoms with Crippen molar-refractivity contribution < 1.29 is 9.90 Å². The van der Waals surface area contributed by atoms with Gasteiger partial charge in [0.25, 0.3) is 5.91 Å². The number of fused-ring (bicyclic) bond motifs is 1. The Balaban J connectivity index is 1.38. The van der Waals surface area contributed by atoms with Gasteiger partial charge in [-0.25, -0.2) is 9.97 Å². The van der Waals surface area contributed by atoms with E-state index in [1.54, 1.807) is 24.8 Å². The SMILES string of the molecule is CC(O)C(=O)n1cc2ccc(-c3nccc(Nc4ccc(-c5cn[nH]c5)cc4)n3)cc2c1. The summed E-state index contributed by atoms with van der Waals surface area (Å²) in [5, 5.41) is 21.4. The van der Waals surface area contributed by atoms with Crippen LogP contribution < -0.4 is 5.32 Å². The molecule has 158 valence electrons. The lowest BCUT2D eigenvalue weighted by Crippen LogP contribution is -2.21. The van der Waals surface area contributed by atoms with Gasteiger partial charge in [-0.15, -0.1) is 0 Å². The van der Waals surface area contributed by atoms with Crippen molar-refractivity contribution in [2.45, 2.75) is 13.0 Å². The van der Waals surface area contributed by atoms with Crippen LogP contribution in [0.15, 0.2) is 79.5 Å². The second-order valence-electron chi connectivity index (χ2n) is 7.48. The molecule has 8 heteroatoms. The van der Waals surface area contributed by atoms with Crippen LogP contribution in [0, 0.1) is 0 Å². The molecule has 0 amide bonds. The van der Waals surface area contributed by atoms with Crippen molar-refractivity contribution in [2.24, 2.45) is 0 Å². The molecule has 0 aliphatic carbocycles. The minimum atomic E-state index is -1.06. The number of carbonyl (C=O) groups excluding carboxylic acids is 1. The van der Waals surface area contributed by atoms with Gasteiger partial charge in [0, 0.05) is 47.0 Å². The first kappa shape index (κ1) is 19.7. The van der Waals surface area contributed by atoms with Gasteiger partial charge in [-0.1, -0.05) is 24.3 Å². The summed E-state index contributed by atoms with van der Waals surface area (Å²) >= 11 is 0. The molecule has 5 aromatic rings. The van der Waals surface area contributed by atoms with Crippen LogP contribution in [-0.2, 0) is 0 Å². The molecule has 0 saturated carbocycles. The van der Waals surface area contributed by atoms with Crippen molar-refractivity contribution in [1.29, 1.82) is 0 Å². The maximum absolute atomic E-state index is 12.1. The van der Waals surface area contributed by atoms with Crippen LogP contribution in [0.3, 0.4) is 0 Å². The fourth-order valence-corrected chi connectivity index (χ4v) is 3.49. The molecule has 32 heavy (non-hydrogen) atoms. The number of aromatic nitrogens is 5. The minimum Gasteiger partial charge on any atom is -0.384 e. The fourth-order valence-electron chi connectivity index (χ4n) is 3.49. The number of nitrogens with one attached hydrogen (secondary N) is 2. The average Bonchev–Trinajstić information content (AvgIpc) is 3.49. The van der Waals surface area contributed by atoms with Gasteiger partial charge in [0.1, 0.15) is 11.9 Å². The first-order valence-corrected chi connectivity index (χ1v) is 10.1. The quantitative estimate of drug-likeness (QED) is 0.389. The number of hydrogen-bond acceptors (Lipinski definition) is 6. The van der Waals surface area contributed by atoms with Crippen LogP contribution in [0.4, 0.5) is 11.5 Å². The van der Waals surface area contributed by atoms with E-state index in [4.69, 9.17) is 0 Å². The molecule has 2 aromatic carbocycles. The molecule has 5 rings (SSSR count). The van der Waals surface area contributed by atoms with Gasteiger partial charge in [-0.2, -0.15) is 5.10 Å². The van der Waals surface area contributed by atoms with E-state index in [1.165, 1.54) is 11.5 Å². The second-order valence-corrected chi connectivity index (χ2v) is 7.48. The highest BCUT2D eigenvalue weighted by molar-refractivity contribution is 5.92. The number of aromatic amines is 1. The van der Waals surface area contributed by atoms with Gasteiger partial charge in [-0.3, -0.25) is 14.5 Å². The molecule has 0 saturated heterocycles. The van der Waals surface area contributed by atoms with E-state index in [-0.39, 0.29) is 5.91 Å². The Bertz CT molecular complexity index is 1390. The monoisotopic (exact) mass is 424 g/mol. The molecule has 3 N–H and O–H groups in total. The average molecular weight is 424 g/mol. The fraction of sp³-hybridized carbons (Fsp3) is 0.0833. The number of nitrogens with zero attached hydrogens (tertiary/aromatic N) is 4. The molecule has 3 aromatic heterocycles. The van der Waals surface area contributed by atoms with Gasteiger partial charge in [0.15, 0.2) is 5.82 Å². The molecule has 0 radical (unpaired) electrons. The molecule has 0 aliphatic rings. The first-order chi connectivity index (χ1) is 15.6. The van der Waals surface area contributed by atoms with Crippen molar-refractivity contribution in [3.8, 4) is 22.5 Å². The van der Waals surface area contributed by atoms with Crippen LogP contribution in [-0.4, -0.2) is 41.9 Å². The number of aliphatic hydroxyl groups excluding tert-OH is 1. The lowest BCUT2D eigenvalue weighted by atomic mass is 10.1. The van der Waals surface area contributed by atoms with E-state index in [0.717, 1.165) is 33.2 Å². The molecule has 3 heterocycles. The highest BCUT2D eigenvalue weighted by Gasteiger charge is 2.13. The summed E-state index contributed by atoms with van der Waals surface area (Å²) in [6.45, 7) is 1.45. The van der Waals surface area contributed by atoms with Crippen molar-refractivity contribution in [3.05, 3.63) is 79.5 Å². The topological polar surface area (TPSA) is 109 Å². The number of hydrogen-bond donors (Lipinski definition) is 3. The Kier molecular flexibility index (Phi) is 4.97. The van der Waals surface area contributed by atoms with E-state index in [9.17, 15) is 9.90 Å². The molecular weight excluding hydrogens is 404 g/mol. The van der Waals surface area contributed by atoms with Crippen molar-refractivity contribution in [2.75, 3.05) is 5.32 Å². The van der Waals surface area contributed by atoms with Crippen LogP contribution in [0.5, 0.6) is 0 Å². The van der Waals surface area contributed by atoms with Gasteiger partial charge < -0.3 is 10.4 Å². The molecule has 0 bridgehead atoms. The molecule has 1 unspecified atom stereocenters. The summed E-state index contributed by atoms with van der Waals surface area (Å²) < 4.78 is 1.41. The highest BCUT2D eigenvalue weighted by atomic mass is 16.3. The van der Waals surface area contributed by atoms with E-state index < -0.39 is 6.10 Å². The Morgan fingerprint density at radius 1 is 1.03 bits per heavy atom. The largest absolute Gasteiger partial charge is 0.384 e. The number of aliphatic hydroxyl groups is 1. The van der Waals surface area contributed by atoms with Crippen LogP contribution in [0.2, 0.25) is 0 Å². The molecule has 0 aliphatic heterocycles. The third-order valence-electron chi connectivity index (χ3n) is 5.16. The zero-order valence-electron chi connectivity index (χ0n) is 17.2. The molecular formula is C24H20N6O2. The third kappa shape index (κ3) is 3.86. The smallest absolute Gasteiger partial charge is 0.259 e. The molecule has 0 fully saturated rings. The predicted octanol–water partition coefficient (Wildman–Crippen LogP) is 4.25. The van der Waals surface area contributed by atoms with E-state index in [2.05, 4.69) is 25.5 Å². The zero-order valence-corrected chi connectivity index (χ0v) is 17.2. The number of rotatable bonds is 5. The highest BCUT2D eigenvalue weighted by Crippen LogP contribution is 2.25. The number of anilines is 2. The Labute approximate surface area is 183 Å². The van der Waals surface area contributed by atoms with Gasteiger partial charge in [0.2, 0.25) is 0 Å². The lowest BCUT2D eigenvalue weighted by molar-refractivity contribution is 0.0688. The second kappa shape index (κ2) is 8.09. The number of carbonyl (C=O) groups is 1. The standard InChI is InChI=1S/C24H20N6O2/c1-15(31)24(32)30-13-18-3-2-17(10-19(18)14-30)23-25-9-8-22(29-23)28-21-6-4-16(5-7-21)20-11-26-27-12-20/h2-15,31H,1H3,(H,26,27)(H,25,28,29). The van der Waals surface area contributed by atoms with Crippen molar-refractivity contribution in [1.82, 2.24) is 24.7 Å². The maximum atomic E-state index is 12.1. The number of benzene rings is 2. The van der Waals surface area contributed by atoms with Crippen molar-refractivity contribution in [3.63, 3.8) is 0 Å². The summed E-state index contributed by atoms with van der Waals surface area (Å²) in [6.07, 6.45) is 7.69. The van der Waals surface area contributed by atoms with E-state index in [0.29, 0.717) is 11.6 Å².